The summed E-state index contributed by atoms with van der Waals surface area (Å²) in [5, 5.41) is 9.00. The first-order valence-corrected chi connectivity index (χ1v) is 9.27. The van der Waals surface area contributed by atoms with Crippen LogP contribution in [-0.2, 0) is 9.59 Å². The Morgan fingerprint density at radius 1 is 1.27 bits per heavy atom. The zero-order valence-corrected chi connectivity index (χ0v) is 14.4. The summed E-state index contributed by atoms with van der Waals surface area (Å²) >= 11 is 8.35. The zero-order chi connectivity index (χ0) is 15.9. The van der Waals surface area contributed by atoms with Crippen LogP contribution in [0.2, 0.25) is 0 Å². The maximum absolute atomic E-state index is 11.9. The molecule has 1 aliphatic rings. The number of thioether (sulfide) groups is 1. The standard InChI is InChI=1S/C12H18ClN5O2S2/c13-3-1-2-10(20)17-4-6-18(7-5-17)11-15-16-12(22-11)21-8-9(14)19/h1-8H2,(H2,14,19). The first kappa shape index (κ1) is 17.3. The highest BCUT2D eigenvalue weighted by atomic mass is 35.5. The Bertz CT molecular complexity index is 519. The van der Waals surface area contributed by atoms with Crippen molar-refractivity contribution in [2.45, 2.75) is 17.2 Å². The van der Waals surface area contributed by atoms with E-state index in [2.05, 4.69) is 15.1 Å². The van der Waals surface area contributed by atoms with Gasteiger partial charge in [0, 0.05) is 38.5 Å². The van der Waals surface area contributed by atoms with Crippen LogP contribution in [0.4, 0.5) is 5.13 Å². The van der Waals surface area contributed by atoms with Crippen molar-refractivity contribution >= 4 is 51.6 Å². The van der Waals surface area contributed by atoms with Crippen LogP contribution in [0.25, 0.3) is 0 Å². The number of carbonyl (C=O) groups excluding carboxylic acids is 2. The van der Waals surface area contributed by atoms with Crippen LogP contribution in [-0.4, -0.2) is 64.7 Å². The summed E-state index contributed by atoms with van der Waals surface area (Å²) in [4.78, 5) is 26.7. The molecule has 0 aromatic carbocycles. The third-order valence-electron chi connectivity index (χ3n) is 3.16. The molecule has 122 valence electrons. The van der Waals surface area contributed by atoms with Gasteiger partial charge in [-0.3, -0.25) is 9.59 Å². The van der Waals surface area contributed by atoms with Crippen LogP contribution in [0.3, 0.4) is 0 Å². The number of halogens is 1. The Morgan fingerprint density at radius 3 is 2.64 bits per heavy atom. The third-order valence-corrected chi connectivity index (χ3v) is 5.57. The van der Waals surface area contributed by atoms with Crippen molar-refractivity contribution < 1.29 is 9.59 Å². The van der Waals surface area contributed by atoms with Gasteiger partial charge < -0.3 is 15.5 Å². The Balaban J connectivity index is 1.81. The van der Waals surface area contributed by atoms with E-state index in [1.165, 1.54) is 23.1 Å². The monoisotopic (exact) mass is 363 g/mol. The Morgan fingerprint density at radius 2 is 2.00 bits per heavy atom. The van der Waals surface area contributed by atoms with Crippen LogP contribution < -0.4 is 10.6 Å². The second kappa shape index (κ2) is 8.54. The van der Waals surface area contributed by atoms with Crippen molar-refractivity contribution in [2.75, 3.05) is 42.7 Å². The fourth-order valence-electron chi connectivity index (χ4n) is 2.04. The zero-order valence-electron chi connectivity index (χ0n) is 12.0. The lowest BCUT2D eigenvalue weighted by molar-refractivity contribution is -0.131. The number of anilines is 1. The maximum Gasteiger partial charge on any atom is 0.227 e. The number of hydrogen-bond donors (Lipinski definition) is 1. The summed E-state index contributed by atoms with van der Waals surface area (Å²) in [6, 6.07) is 0. The fourth-order valence-corrected chi connectivity index (χ4v) is 3.81. The molecule has 2 amide bonds. The molecule has 10 heteroatoms. The Kier molecular flexibility index (Phi) is 6.71. The summed E-state index contributed by atoms with van der Waals surface area (Å²) < 4.78 is 0.731. The molecule has 7 nitrogen and oxygen atoms in total. The molecule has 1 aliphatic heterocycles. The Hall–Kier alpha value is -1.06. The average molecular weight is 364 g/mol. The first-order valence-electron chi connectivity index (χ1n) is 6.93. The largest absolute Gasteiger partial charge is 0.369 e. The van der Waals surface area contributed by atoms with Crippen LogP contribution in [0.1, 0.15) is 12.8 Å². The van der Waals surface area contributed by atoms with Crippen molar-refractivity contribution in [1.29, 1.82) is 0 Å². The molecule has 0 aliphatic carbocycles. The summed E-state index contributed by atoms with van der Waals surface area (Å²) in [5.41, 5.74) is 5.11. The van der Waals surface area contributed by atoms with E-state index in [1.807, 2.05) is 4.90 Å². The van der Waals surface area contributed by atoms with Crippen molar-refractivity contribution in [3.63, 3.8) is 0 Å². The average Bonchev–Trinajstić information content (AvgIpc) is 2.99. The molecule has 1 fully saturated rings. The second-order valence-electron chi connectivity index (χ2n) is 4.77. The highest BCUT2D eigenvalue weighted by Gasteiger charge is 2.23. The summed E-state index contributed by atoms with van der Waals surface area (Å²) in [7, 11) is 0. The van der Waals surface area contributed by atoms with Gasteiger partial charge in [0.2, 0.25) is 16.9 Å². The number of rotatable bonds is 7. The number of nitrogens with zero attached hydrogens (tertiary/aromatic N) is 4. The van der Waals surface area contributed by atoms with E-state index in [4.69, 9.17) is 17.3 Å². The Labute approximate surface area is 142 Å². The summed E-state index contributed by atoms with van der Waals surface area (Å²) in [6.07, 6.45) is 1.23. The number of amides is 2. The SMILES string of the molecule is NC(=O)CSc1nnc(N2CCN(C(=O)CCCCl)CC2)s1. The van der Waals surface area contributed by atoms with Gasteiger partial charge in [0.1, 0.15) is 0 Å². The minimum atomic E-state index is -0.370. The lowest BCUT2D eigenvalue weighted by atomic mass is 10.2. The summed E-state index contributed by atoms with van der Waals surface area (Å²) in [5.74, 6) is 0.515. The van der Waals surface area contributed by atoms with E-state index < -0.39 is 0 Å². The van der Waals surface area contributed by atoms with Gasteiger partial charge in [0.15, 0.2) is 4.34 Å². The number of carbonyl (C=O) groups is 2. The van der Waals surface area contributed by atoms with Gasteiger partial charge in [-0.2, -0.15) is 0 Å². The first-order chi connectivity index (χ1) is 10.6. The van der Waals surface area contributed by atoms with Gasteiger partial charge in [0.25, 0.3) is 0 Å². The van der Waals surface area contributed by atoms with Crippen molar-refractivity contribution in [3.05, 3.63) is 0 Å². The molecule has 1 aromatic rings. The number of hydrogen-bond acceptors (Lipinski definition) is 7. The van der Waals surface area contributed by atoms with Gasteiger partial charge >= 0.3 is 0 Å². The molecule has 1 saturated heterocycles. The van der Waals surface area contributed by atoms with Crippen LogP contribution in [0.15, 0.2) is 4.34 Å². The minimum absolute atomic E-state index is 0.162. The van der Waals surface area contributed by atoms with E-state index in [0.717, 1.165) is 29.0 Å². The van der Waals surface area contributed by atoms with E-state index in [9.17, 15) is 9.59 Å². The van der Waals surface area contributed by atoms with Gasteiger partial charge in [-0.1, -0.05) is 23.1 Å². The van der Waals surface area contributed by atoms with Crippen LogP contribution in [0, 0.1) is 0 Å². The van der Waals surface area contributed by atoms with Gasteiger partial charge in [0.05, 0.1) is 5.75 Å². The maximum atomic E-state index is 11.9. The molecule has 0 saturated carbocycles. The smallest absolute Gasteiger partial charge is 0.227 e. The van der Waals surface area contributed by atoms with Crippen LogP contribution in [0.5, 0.6) is 0 Å². The predicted octanol–water partition coefficient (Wildman–Crippen LogP) is 0.783. The quantitative estimate of drug-likeness (QED) is 0.568. The number of aromatic nitrogens is 2. The highest BCUT2D eigenvalue weighted by molar-refractivity contribution is 8.01. The molecular weight excluding hydrogens is 346 g/mol. The van der Waals surface area contributed by atoms with Gasteiger partial charge in [-0.15, -0.1) is 21.8 Å². The molecule has 0 radical (unpaired) electrons. The fraction of sp³-hybridized carbons (Fsp3) is 0.667. The second-order valence-corrected chi connectivity index (χ2v) is 7.32. The topological polar surface area (TPSA) is 92.4 Å². The van der Waals surface area contributed by atoms with Crippen LogP contribution >= 0.6 is 34.7 Å². The molecule has 0 unspecified atom stereocenters. The number of piperazine rings is 1. The lowest BCUT2D eigenvalue weighted by Gasteiger charge is -2.34. The molecule has 0 bridgehead atoms. The third kappa shape index (κ3) is 4.99. The van der Waals surface area contributed by atoms with Crippen molar-refractivity contribution in [2.24, 2.45) is 5.73 Å². The number of alkyl halides is 1. The molecule has 2 N–H and O–H groups in total. The molecule has 0 atom stereocenters. The van der Waals surface area contributed by atoms with Crippen molar-refractivity contribution in [1.82, 2.24) is 15.1 Å². The van der Waals surface area contributed by atoms with E-state index in [-0.39, 0.29) is 17.6 Å². The highest BCUT2D eigenvalue weighted by Crippen LogP contribution is 2.28. The van der Waals surface area contributed by atoms with Gasteiger partial charge in [-0.05, 0) is 6.42 Å². The minimum Gasteiger partial charge on any atom is -0.369 e. The number of primary amides is 1. The van der Waals surface area contributed by atoms with E-state index >= 15 is 0 Å². The van der Waals surface area contributed by atoms with Crippen molar-refractivity contribution in [3.8, 4) is 0 Å². The lowest BCUT2D eigenvalue weighted by Crippen LogP contribution is -2.48. The number of nitrogens with two attached hydrogens (primary N) is 1. The van der Waals surface area contributed by atoms with E-state index in [1.54, 1.807) is 0 Å². The molecule has 0 spiro atoms. The summed E-state index contributed by atoms with van der Waals surface area (Å²) in [6.45, 7) is 2.85. The predicted molar refractivity (Wildman–Crippen MR) is 88.6 cm³/mol. The normalized spacial score (nSPS) is 15.1. The molecule has 2 rings (SSSR count). The van der Waals surface area contributed by atoms with E-state index in [0.29, 0.717) is 25.4 Å². The molecule has 2 heterocycles. The molecule has 22 heavy (non-hydrogen) atoms. The van der Waals surface area contributed by atoms with Gasteiger partial charge in [-0.25, -0.2) is 0 Å². The molecule has 1 aromatic heterocycles. The molecular formula is C12H18ClN5O2S2.